The second-order valence-corrected chi connectivity index (χ2v) is 4.54. The van der Waals surface area contributed by atoms with Crippen LogP contribution >= 0.6 is 0 Å². The van der Waals surface area contributed by atoms with E-state index in [1.54, 1.807) is 30.1 Å². The number of halogens is 3. The molecule has 0 aliphatic rings. The molecule has 0 spiro atoms. The van der Waals surface area contributed by atoms with Gasteiger partial charge in [0.15, 0.2) is 0 Å². The molecule has 1 unspecified atom stereocenters. The van der Waals surface area contributed by atoms with Gasteiger partial charge in [0, 0.05) is 18.8 Å². The Balaban J connectivity index is 2.23. The van der Waals surface area contributed by atoms with E-state index >= 15 is 0 Å². The van der Waals surface area contributed by atoms with Crippen LogP contribution in [-0.2, 0) is 12.7 Å². The lowest BCUT2D eigenvalue weighted by Crippen LogP contribution is -2.14. The first-order chi connectivity index (χ1) is 9.41. The Morgan fingerprint density at radius 3 is 2.60 bits per heavy atom. The fraction of sp³-hybridized carbons (Fsp3) is 0.357. The van der Waals surface area contributed by atoms with E-state index in [0.717, 1.165) is 12.6 Å². The molecule has 0 aliphatic heterocycles. The average Bonchev–Trinajstić information content (AvgIpc) is 2.85. The van der Waals surface area contributed by atoms with E-state index in [-0.39, 0.29) is 5.56 Å². The number of rotatable bonds is 4. The van der Waals surface area contributed by atoms with E-state index in [0.29, 0.717) is 5.69 Å². The van der Waals surface area contributed by atoms with Crippen LogP contribution in [0.2, 0.25) is 0 Å². The molecule has 1 atom stereocenters. The number of nitrogens with zero attached hydrogens (tertiary/aromatic N) is 2. The van der Waals surface area contributed by atoms with Gasteiger partial charge < -0.3 is 5.32 Å². The molecule has 2 rings (SSSR count). The van der Waals surface area contributed by atoms with Gasteiger partial charge in [-0.15, -0.1) is 0 Å². The summed E-state index contributed by atoms with van der Waals surface area (Å²) in [5.74, 6) is 0. The monoisotopic (exact) mass is 283 g/mol. The standard InChI is InChI=1S/C14H16F3N3/c1-3-20-9-11(8-18-20)19-10(2)12-6-4-5-7-13(12)14(15,16)17/h4-10,19H,3H2,1-2H3. The first kappa shape index (κ1) is 14.4. The molecular weight excluding hydrogens is 267 g/mol. The Hall–Kier alpha value is -1.98. The number of alkyl halides is 3. The molecular formula is C14H16F3N3. The maximum Gasteiger partial charge on any atom is 0.416 e. The van der Waals surface area contributed by atoms with Gasteiger partial charge in [0.1, 0.15) is 0 Å². The number of benzene rings is 1. The van der Waals surface area contributed by atoms with E-state index in [1.165, 1.54) is 12.1 Å². The Bertz CT molecular complexity index is 575. The van der Waals surface area contributed by atoms with Gasteiger partial charge in [-0.1, -0.05) is 18.2 Å². The highest BCUT2D eigenvalue weighted by molar-refractivity contribution is 5.43. The third kappa shape index (κ3) is 3.12. The quantitative estimate of drug-likeness (QED) is 0.915. The molecule has 2 aromatic rings. The van der Waals surface area contributed by atoms with Crippen molar-refractivity contribution in [2.24, 2.45) is 0 Å². The Morgan fingerprint density at radius 1 is 1.30 bits per heavy atom. The number of hydrogen-bond donors (Lipinski definition) is 1. The summed E-state index contributed by atoms with van der Waals surface area (Å²) in [6.45, 7) is 4.36. The normalized spacial score (nSPS) is 13.2. The second-order valence-electron chi connectivity index (χ2n) is 4.54. The highest BCUT2D eigenvalue weighted by Gasteiger charge is 2.34. The SMILES string of the molecule is CCn1cc(NC(C)c2ccccc2C(F)(F)F)cn1. The summed E-state index contributed by atoms with van der Waals surface area (Å²) >= 11 is 0. The van der Waals surface area contributed by atoms with Crippen molar-refractivity contribution >= 4 is 5.69 Å². The number of aryl methyl sites for hydroxylation is 1. The zero-order chi connectivity index (χ0) is 14.8. The van der Waals surface area contributed by atoms with Crippen molar-refractivity contribution in [1.29, 1.82) is 0 Å². The Labute approximate surface area is 115 Å². The molecule has 1 heterocycles. The molecule has 0 aliphatic carbocycles. The minimum Gasteiger partial charge on any atom is -0.376 e. The van der Waals surface area contributed by atoms with E-state index in [1.807, 2.05) is 6.92 Å². The zero-order valence-corrected chi connectivity index (χ0v) is 11.3. The average molecular weight is 283 g/mol. The molecule has 0 saturated heterocycles. The van der Waals surface area contributed by atoms with Crippen LogP contribution in [0.5, 0.6) is 0 Å². The summed E-state index contributed by atoms with van der Waals surface area (Å²) < 4.78 is 40.6. The number of nitrogens with one attached hydrogen (secondary N) is 1. The lowest BCUT2D eigenvalue weighted by molar-refractivity contribution is -0.138. The van der Waals surface area contributed by atoms with Gasteiger partial charge in [0.25, 0.3) is 0 Å². The first-order valence-corrected chi connectivity index (χ1v) is 6.37. The van der Waals surface area contributed by atoms with Crippen molar-refractivity contribution in [1.82, 2.24) is 9.78 Å². The van der Waals surface area contributed by atoms with Crippen LogP contribution in [0.25, 0.3) is 0 Å². The van der Waals surface area contributed by atoms with Gasteiger partial charge in [-0.25, -0.2) is 0 Å². The van der Waals surface area contributed by atoms with Gasteiger partial charge in [-0.2, -0.15) is 18.3 Å². The van der Waals surface area contributed by atoms with Gasteiger partial charge in [-0.05, 0) is 25.5 Å². The molecule has 3 nitrogen and oxygen atoms in total. The highest BCUT2D eigenvalue weighted by atomic mass is 19.4. The topological polar surface area (TPSA) is 29.9 Å². The molecule has 1 aromatic heterocycles. The number of anilines is 1. The largest absolute Gasteiger partial charge is 0.416 e. The second kappa shape index (κ2) is 5.56. The van der Waals surface area contributed by atoms with Crippen molar-refractivity contribution in [2.45, 2.75) is 32.6 Å². The van der Waals surface area contributed by atoms with Gasteiger partial charge in [-0.3, -0.25) is 4.68 Å². The van der Waals surface area contributed by atoms with Crippen LogP contribution in [0, 0.1) is 0 Å². The molecule has 0 radical (unpaired) electrons. The molecule has 108 valence electrons. The molecule has 0 amide bonds. The van der Waals surface area contributed by atoms with Crippen LogP contribution in [0.15, 0.2) is 36.7 Å². The van der Waals surface area contributed by atoms with Crippen LogP contribution < -0.4 is 5.32 Å². The minimum absolute atomic E-state index is 0.226. The summed E-state index contributed by atoms with van der Waals surface area (Å²) in [5, 5.41) is 7.13. The highest BCUT2D eigenvalue weighted by Crippen LogP contribution is 2.35. The van der Waals surface area contributed by atoms with Gasteiger partial charge in [0.05, 0.1) is 17.4 Å². The third-order valence-electron chi connectivity index (χ3n) is 3.07. The smallest absolute Gasteiger partial charge is 0.376 e. The van der Waals surface area contributed by atoms with Gasteiger partial charge in [0.2, 0.25) is 0 Å². The molecule has 1 aromatic carbocycles. The van der Waals surface area contributed by atoms with Crippen LogP contribution in [-0.4, -0.2) is 9.78 Å². The van der Waals surface area contributed by atoms with Crippen molar-refractivity contribution in [3.05, 3.63) is 47.8 Å². The maximum absolute atomic E-state index is 13.0. The first-order valence-electron chi connectivity index (χ1n) is 6.37. The Morgan fingerprint density at radius 2 is 2.00 bits per heavy atom. The van der Waals surface area contributed by atoms with Crippen molar-refractivity contribution in [3.8, 4) is 0 Å². The van der Waals surface area contributed by atoms with Crippen molar-refractivity contribution in [3.63, 3.8) is 0 Å². The lowest BCUT2D eigenvalue weighted by Gasteiger charge is -2.19. The van der Waals surface area contributed by atoms with E-state index in [4.69, 9.17) is 0 Å². The molecule has 20 heavy (non-hydrogen) atoms. The van der Waals surface area contributed by atoms with E-state index in [9.17, 15) is 13.2 Å². The fourth-order valence-corrected chi connectivity index (χ4v) is 2.07. The van der Waals surface area contributed by atoms with Crippen LogP contribution in [0.1, 0.15) is 31.0 Å². The fourth-order valence-electron chi connectivity index (χ4n) is 2.07. The summed E-state index contributed by atoms with van der Waals surface area (Å²) in [6, 6.07) is 5.14. The third-order valence-corrected chi connectivity index (χ3v) is 3.07. The molecule has 6 heteroatoms. The number of aromatic nitrogens is 2. The van der Waals surface area contributed by atoms with E-state index in [2.05, 4.69) is 10.4 Å². The molecule has 0 fully saturated rings. The van der Waals surface area contributed by atoms with E-state index < -0.39 is 17.8 Å². The summed E-state index contributed by atoms with van der Waals surface area (Å²) in [5.41, 5.74) is 0.323. The zero-order valence-electron chi connectivity index (χ0n) is 11.3. The minimum atomic E-state index is -4.35. The van der Waals surface area contributed by atoms with Crippen LogP contribution in [0.4, 0.5) is 18.9 Å². The molecule has 0 saturated carbocycles. The van der Waals surface area contributed by atoms with Gasteiger partial charge >= 0.3 is 6.18 Å². The lowest BCUT2D eigenvalue weighted by atomic mass is 10.0. The molecule has 1 N–H and O–H groups in total. The summed E-state index contributed by atoms with van der Waals surface area (Å²) in [7, 11) is 0. The Kier molecular flexibility index (Phi) is 4.01. The van der Waals surface area contributed by atoms with Crippen molar-refractivity contribution in [2.75, 3.05) is 5.32 Å². The predicted molar refractivity (Wildman–Crippen MR) is 71.4 cm³/mol. The molecule has 0 bridgehead atoms. The summed E-state index contributed by atoms with van der Waals surface area (Å²) in [6.07, 6.45) is -0.969. The number of hydrogen-bond acceptors (Lipinski definition) is 2. The predicted octanol–water partition coefficient (Wildman–Crippen LogP) is 4.09. The summed E-state index contributed by atoms with van der Waals surface area (Å²) in [4.78, 5) is 0. The van der Waals surface area contributed by atoms with Crippen molar-refractivity contribution < 1.29 is 13.2 Å². The van der Waals surface area contributed by atoms with Crippen LogP contribution in [0.3, 0.4) is 0 Å². The maximum atomic E-state index is 13.0.